The maximum absolute atomic E-state index is 13.9. The van der Waals surface area contributed by atoms with Crippen molar-refractivity contribution in [2.45, 2.75) is 28.1 Å². The molecule has 1 aromatic heterocycles. The molecule has 1 fully saturated rings. The number of fused-ring (bicyclic) bond motifs is 1. The number of hydrogen-bond donors (Lipinski definition) is 3. The second-order valence-corrected chi connectivity index (χ2v) is 11.3. The van der Waals surface area contributed by atoms with Gasteiger partial charge in [-0.2, -0.15) is 8.78 Å². The number of amidine groups is 1. The number of halogens is 5. The molecule has 4 rings (SSSR count). The number of carbonyl (C=O) groups is 1. The Morgan fingerprint density at radius 1 is 1.50 bits per heavy atom. The molecule has 0 bridgehead atoms. The monoisotopic (exact) mass is 652 g/mol. The lowest BCUT2D eigenvalue weighted by Gasteiger charge is -2.37. The fourth-order valence-electron chi connectivity index (χ4n) is 4.24. The Bertz CT molecular complexity index is 1260. The smallest absolute Gasteiger partial charge is 0.328 e. The van der Waals surface area contributed by atoms with Gasteiger partial charge in [-0.15, -0.1) is 11.3 Å². The summed E-state index contributed by atoms with van der Waals surface area (Å²) >= 11 is 9.67. The van der Waals surface area contributed by atoms with E-state index in [1.165, 1.54) is 36.7 Å². The SMILES string of the molecule is COC(=O)[C@@]1(N)CC2=C(C(N)(I)/C=C\NC(F)F)[C@H](c3ccc(F)cc3Cl)N=C(c3nccs3)N2C1. The summed E-state index contributed by atoms with van der Waals surface area (Å²) in [5.41, 5.74) is 13.2. The molecule has 192 valence electrons. The fraction of sp³-hybridized carbons (Fsp3) is 0.318. The number of thiazole rings is 1. The van der Waals surface area contributed by atoms with Crippen LogP contribution in [0.1, 0.15) is 23.0 Å². The van der Waals surface area contributed by atoms with Gasteiger partial charge in [-0.25, -0.2) is 14.2 Å². The number of nitrogens with zero attached hydrogens (tertiary/aromatic N) is 3. The van der Waals surface area contributed by atoms with Gasteiger partial charge in [-0.1, -0.05) is 40.3 Å². The van der Waals surface area contributed by atoms with Gasteiger partial charge in [-0.05, 0) is 23.8 Å². The van der Waals surface area contributed by atoms with Gasteiger partial charge in [0, 0.05) is 40.5 Å². The van der Waals surface area contributed by atoms with Crippen molar-refractivity contribution < 1.29 is 22.7 Å². The number of nitrogens with one attached hydrogen (secondary N) is 1. The molecule has 0 aliphatic carbocycles. The van der Waals surface area contributed by atoms with Crippen molar-refractivity contribution in [3.05, 3.63) is 74.7 Å². The van der Waals surface area contributed by atoms with Gasteiger partial charge in [0.05, 0.1) is 13.7 Å². The van der Waals surface area contributed by atoms with Crippen LogP contribution in [0.5, 0.6) is 0 Å². The molecule has 14 heteroatoms. The molecule has 0 spiro atoms. The van der Waals surface area contributed by atoms with E-state index in [0.29, 0.717) is 27.7 Å². The summed E-state index contributed by atoms with van der Waals surface area (Å²) in [5, 5.41) is 4.31. The highest BCUT2D eigenvalue weighted by atomic mass is 127. The third-order valence-corrected chi connectivity index (χ3v) is 7.81. The Morgan fingerprint density at radius 2 is 2.25 bits per heavy atom. The predicted molar refractivity (Wildman–Crippen MR) is 139 cm³/mol. The molecule has 3 atom stereocenters. The molecule has 0 saturated carbocycles. The van der Waals surface area contributed by atoms with Gasteiger partial charge in [0.1, 0.15) is 20.9 Å². The lowest BCUT2D eigenvalue weighted by atomic mass is 9.88. The van der Waals surface area contributed by atoms with Crippen LogP contribution in [0.15, 0.2) is 58.3 Å². The van der Waals surface area contributed by atoms with E-state index < -0.39 is 33.5 Å². The van der Waals surface area contributed by atoms with E-state index >= 15 is 0 Å². The Morgan fingerprint density at radius 3 is 2.86 bits per heavy atom. The van der Waals surface area contributed by atoms with Gasteiger partial charge in [0.15, 0.2) is 10.8 Å². The normalized spacial score (nSPS) is 23.6. The number of hydrogen-bond acceptors (Lipinski definition) is 9. The molecule has 3 heterocycles. The number of rotatable bonds is 7. The van der Waals surface area contributed by atoms with E-state index in [4.69, 9.17) is 32.8 Å². The van der Waals surface area contributed by atoms with Crippen molar-refractivity contribution in [3.8, 4) is 0 Å². The average Bonchev–Trinajstić information content (AvgIpc) is 3.45. The maximum atomic E-state index is 13.9. The Kier molecular flexibility index (Phi) is 7.67. The number of ether oxygens (including phenoxy) is 1. The Balaban J connectivity index is 1.96. The predicted octanol–water partition coefficient (Wildman–Crippen LogP) is 3.68. The first-order valence-electron chi connectivity index (χ1n) is 10.5. The summed E-state index contributed by atoms with van der Waals surface area (Å²) in [4.78, 5) is 23.7. The van der Waals surface area contributed by atoms with E-state index in [0.717, 1.165) is 12.3 Å². The number of esters is 1. The number of aromatic nitrogens is 1. The first-order chi connectivity index (χ1) is 17.0. The van der Waals surface area contributed by atoms with Crippen molar-refractivity contribution in [2.24, 2.45) is 16.5 Å². The van der Waals surface area contributed by atoms with Gasteiger partial charge in [0.25, 0.3) is 0 Å². The van der Waals surface area contributed by atoms with Crippen molar-refractivity contribution in [1.29, 1.82) is 0 Å². The number of alkyl halides is 3. The summed E-state index contributed by atoms with van der Waals surface area (Å²) in [7, 11) is 1.24. The summed E-state index contributed by atoms with van der Waals surface area (Å²) in [6.07, 6.45) is 4.02. The Labute approximate surface area is 227 Å². The fourth-order valence-corrected chi connectivity index (χ4v) is 5.94. The molecule has 2 aromatic rings. The van der Waals surface area contributed by atoms with Crippen LogP contribution in [-0.4, -0.2) is 51.0 Å². The van der Waals surface area contributed by atoms with E-state index in [1.807, 2.05) is 27.9 Å². The van der Waals surface area contributed by atoms with Crippen LogP contribution in [0.2, 0.25) is 5.02 Å². The minimum Gasteiger partial charge on any atom is -0.468 e. The Hall–Kier alpha value is -2.20. The van der Waals surface area contributed by atoms with Gasteiger partial charge in [-0.3, -0.25) is 4.99 Å². The zero-order chi connectivity index (χ0) is 26.3. The van der Waals surface area contributed by atoms with Crippen LogP contribution < -0.4 is 16.8 Å². The second kappa shape index (κ2) is 10.3. The van der Waals surface area contributed by atoms with Gasteiger partial charge < -0.3 is 26.4 Å². The zero-order valence-electron chi connectivity index (χ0n) is 18.7. The average molecular weight is 653 g/mol. The zero-order valence-corrected chi connectivity index (χ0v) is 22.5. The lowest BCUT2D eigenvalue weighted by molar-refractivity contribution is -0.146. The topological polar surface area (TPSA) is 119 Å². The van der Waals surface area contributed by atoms with E-state index in [1.54, 1.807) is 16.5 Å². The summed E-state index contributed by atoms with van der Waals surface area (Å²) < 4.78 is 43.0. The molecule has 0 radical (unpaired) electrons. The van der Waals surface area contributed by atoms with E-state index in [-0.39, 0.29) is 18.0 Å². The highest BCUT2D eigenvalue weighted by molar-refractivity contribution is 14.1. The minimum absolute atomic E-state index is 0.0203. The largest absolute Gasteiger partial charge is 0.468 e. The highest BCUT2D eigenvalue weighted by Crippen LogP contribution is 2.49. The van der Waals surface area contributed by atoms with E-state index in [2.05, 4.69) is 4.98 Å². The molecule has 0 amide bonds. The van der Waals surface area contributed by atoms with Gasteiger partial charge >= 0.3 is 12.5 Å². The summed E-state index contributed by atoms with van der Waals surface area (Å²) in [5.74, 6) is -0.751. The van der Waals surface area contributed by atoms with E-state index in [9.17, 15) is 18.0 Å². The summed E-state index contributed by atoms with van der Waals surface area (Å²) in [6.45, 7) is -2.78. The molecule has 5 N–H and O–H groups in total. The number of aliphatic imine (C=N–C) groups is 1. The number of methoxy groups -OCH3 is 1. The molecule has 1 unspecified atom stereocenters. The van der Waals surface area contributed by atoms with Crippen LogP contribution in [0, 0.1) is 5.82 Å². The standard InChI is InChI=1S/C22H21ClF3IN6O2S/c1-35-19(34)21(28)9-14-15(22(27,29)4-5-31-20(25)26)16(12-3-2-11(24)8-13(12)23)32-17(33(14)10-21)18-30-6-7-36-18/h2-8,16,20,31H,9-10,28-29H2,1H3/b5-4-/t16-,21+,22?/m0/s1. The van der Waals surface area contributed by atoms with Gasteiger partial charge in [0.2, 0.25) is 0 Å². The van der Waals surface area contributed by atoms with Crippen LogP contribution in [0.3, 0.4) is 0 Å². The quantitative estimate of drug-likeness (QED) is 0.181. The molecule has 1 saturated heterocycles. The highest BCUT2D eigenvalue weighted by Gasteiger charge is 2.52. The molecule has 8 nitrogen and oxygen atoms in total. The molecule has 2 aliphatic rings. The van der Waals surface area contributed by atoms with Crippen molar-refractivity contribution in [1.82, 2.24) is 15.2 Å². The number of nitrogens with two attached hydrogens (primary N) is 2. The number of carbonyl (C=O) groups excluding carboxylic acids is 1. The molecular weight excluding hydrogens is 632 g/mol. The third-order valence-electron chi connectivity index (χ3n) is 5.77. The lowest BCUT2D eigenvalue weighted by Crippen LogP contribution is -2.51. The summed E-state index contributed by atoms with van der Waals surface area (Å²) in [6, 6.07) is 3.02. The maximum Gasteiger partial charge on any atom is 0.328 e. The van der Waals surface area contributed by atoms with Crippen molar-refractivity contribution in [2.75, 3.05) is 13.7 Å². The van der Waals surface area contributed by atoms with Crippen LogP contribution in [-0.2, 0) is 9.53 Å². The minimum atomic E-state index is -2.80. The molecule has 2 aliphatic heterocycles. The molecular formula is C22H21ClF3IN6O2S. The first-order valence-corrected chi connectivity index (χ1v) is 12.8. The van der Waals surface area contributed by atoms with Crippen LogP contribution >= 0.6 is 45.5 Å². The van der Waals surface area contributed by atoms with Crippen LogP contribution in [0.25, 0.3) is 0 Å². The molecule has 1 aromatic carbocycles. The number of benzene rings is 1. The first kappa shape index (κ1) is 26.9. The van der Waals surface area contributed by atoms with Crippen molar-refractivity contribution >= 4 is 57.3 Å². The third kappa shape index (κ3) is 5.11. The molecule has 36 heavy (non-hydrogen) atoms. The van der Waals surface area contributed by atoms with Crippen molar-refractivity contribution in [3.63, 3.8) is 0 Å². The van der Waals surface area contributed by atoms with Crippen LogP contribution in [0.4, 0.5) is 13.2 Å². The second-order valence-electron chi connectivity index (χ2n) is 8.20.